The normalized spacial score (nSPS) is 26.8. The van der Waals surface area contributed by atoms with E-state index in [0.717, 1.165) is 57.2 Å². The van der Waals surface area contributed by atoms with Crippen molar-refractivity contribution in [1.29, 1.82) is 0 Å². The summed E-state index contributed by atoms with van der Waals surface area (Å²) in [6, 6.07) is -0.0248. The predicted octanol–water partition coefficient (Wildman–Crippen LogP) is -3.20. The number of aromatic hydroxyl groups is 1. The third kappa shape index (κ3) is 17.4. The number of amides is 8. The highest BCUT2D eigenvalue weighted by Gasteiger charge is 2.51. The molecule has 4 heterocycles. The number of hydrogen-bond donors (Lipinski definition) is 16. The Morgan fingerprint density at radius 3 is 2.13 bits per heavy atom. The summed E-state index contributed by atoms with van der Waals surface area (Å²) in [5, 5.41) is 124. The highest BCUT2D eigenvalue weighted by atomic mass is 32.2. The number of pyridine rings is 1. The number of nitrogens with one attached hydrogen (secondary N) is 5. The minimum atomic E-state index is -2.56. The maximum absolute atomic E-state index is 14.7. The molecule has 3 aliphatic rings. The van der Waals surface area contributed by atoms with Gasteiger partial charge in [-0.3, -0.25) is 43.3 Å². The monoisotopic (exact) mass is 1230 g/mol. The van der Waals surface area contributed by atoms with Crippen molar-refractivity contribution in [2.45, 2.75) is 157 Å². The van der Waals surface area contributed by atoms with E-state index in [9.17, 15) is 84.3 Å². The number of nitrogens with zero attached hydrogens (tertiary/aromatic N) is 3. The van der Waals surface area contributed by atoms with Crippen molar-refractivity contribution in [3.8, 4) is 28.5 Å². The van der Waals surface area contributed by atoms with Gasteiger partial charge in [0, 0.05) is 43.6 Å². The summed E-state index contributed by atoms with van der Waals surface area (Å²) in [6.45, 7) is 3.89. The number of fused-ring (bicyclic) bond motifs is 2. The molecule has 1 aromatic heterocycles. The van der Waals surface area contributed by atoms with Crippen LogP contribution in [0.25, 0.3) is 11.3 Å². The van der Waals surface area contributed by atoms with Crippen LogP contribution >= 0.6 is 12.3 Å². The van der Waals surface area contributed by atoms with Gasteiger partial charge in [-0.1, -0.05) is 55.0 Å². The second-order valence-electron chi connectivity index (χ2n) is 21.2. The van der Waals surface area contributed by atoms with Crippen LogP contribution in [0.1, 0.15) is 94.2 Å². The summed E-state index contributed by atoms with van der Waals surface area (Å²) < 4.78 is 15.0. The first kappa shape index (κ1) is 67.8. The molecule has 0 spiro atoms. The molecule has 31 nitrogen and oxygen atoms in total. The van der Waals surface area contributed by atoms with Crippen LogP contribution in [0.5, 0.6) is 17.2 Å². The van der Waals surface area contributed by atoms with Crippen LogP contribution in [-0.2, 0) is 42.9 Å². The fourth-order valence-corrected chi connectivity index (χ4v) is 10.3. The summed E-state index contributed by atoms with van der Waals surface area (Å²) in [6.07, 6.45) is -13.1. The molecule has 86 heavy (non-hydrogen) atoms. The first-order valence-electron chi connectivity index (χ1n) is 27.5. The molecule has 3 saturated heterocycles. The first-order valence-corrected chi connectivity index (χ1v) is 28.2. The Kier molecular flexibility index (Phi) is 24.7. The maximum Gasteiger partial charge on any atom is 0.261 e. The third-order valence-electron chi connectivity index (χ3n) is 14.7. The van der Waals surface area contributed by atoms with Crippen molar-refractivity contribution in [1.82, 2.24) is 41.4 Å². The number of phenolic OH excluding ortho intramolecular Hbond substituents is 1. The average Bonchev–Trinajstić information content (AvgIpc) is 2.50. The number of primary amides is 1. The van der Waals surface area contributed by atoms with Crippen molar-refractivity contribution in [2.24, 2.45) is 11.7 Å². The summed E-state index contributed by atoms with van der Waals surface area (Å²) in [4.78, 5) is 119. The van der Waals surface area contributed by atoms with Crippen molar-refractivity contribution >= 4 is 59.6 Å². The number of aliphatic hydroxyl groups excluding tert-OH is 8. The van der Waals surface area contributed by atoms with Crippen molar-refractivity contribution < 1.29 is 108 Å². The number of carbonyl (C=O) groups is 8. The molecule has 15 atom stereocenters. The molecule has 17 N–H and O–H groups in total. The van der Waals surface area contributed by atoms with Gasteiger partial charge in [0.05, 0.1) is 48.7 Å². The molecule has 0 aliphatic carbocycles. The Balaban J connectivity index is 1.36. The summed E-state index contributed by atoms with van der Waals surface area (Å²) >= 11 is -0.0348. The second kappa shape index (κ2) is 31.3. The highest BCUT2D eigenvalue weighted by molar-refractivity contribution is 7.90. The molecule has 32 heteroatoms. The Bertz CT molecular complexity index is 2840. The lowest BCUT2D eigenvalue weighted by molar-refractivity contribution is -0.433. The highest BCUT2D eigenvalue weighted by Crippen LogP contribution is 2.34. The van der Waals surface area contributed by atoms with E-state index in [1.165, 1.54) is 25.3 Å². The number of phenols is 1. The smallest absolute Gasteiger partial charge is 0.261 e. The number of benzene rings is 2. The zero-order chi connectivity index (χ0) is 63.1. The van der Waals surface area contributed by atoms with E-state index >= 15 is 0 Å². The van der Waals surface area contributed by atoms with E-state index in [1.807, 2.05) is 5.32 Å². The minimum absolute atomic E-state index is 0.0348. The number of rotatable bonds is 21. The lowest BCUT2D eigenvalue weighted by Crippen LogP contribution is -2.64. The molecule has 3 aromatic rings. The molecule has 0 saturated carbocycles. The Labute approximate surface area is 496 Å². The van der Waals surface area contributed by atoms with Crippen molar-refractivity contribution in [3.63, 3.8) is 0 Å². The topological polar surface area (TPSA) is 481 Å². The van der Waals surface area contributed by atoms with Gasteiger partial charge in [-0.15, -0.1) is 0 Å². The number of aromatic nitrogens is 1. The number of unbranched alkanes of at least 4 members (excludes halogenated alkanes) is 4. The summed E-state index contributed by atoms with van der Waals surface area (Å²) in [7, 11) is 0. The zero-order valence-electron chi connectivity index (χ0n) is 46.9. The van der Waals surface area contributed by atoms with Gasteiger partial charge in [-0.25, -0.2) is 5.26 Å². The molecule has 3 fully saturated rings. The lowest BCUT2D eigenvalue weighted by Gasteiger charge is -2.34. The van der Waals surface area contributed by atoms with Gasteiger partial charge in [-0.2, -0.15) is 0 Å². The van der Waals surface area contributed by atoms with E-state index in [-0.39, 0.29) is 23.5 Å². The molecule has 2 aromatic carbocycles. The third-order valence-corrected chi connectivity index (χ3v) is 15.1. The van der Waals surface area contributed by atoms with Gasteiger partial charge >= 0.3 is 0 Å². The molecular weight excluding hydrogens is 1160 g/mol. The largest absolute Gasteiger partial charge is 0.504 e. The van der Waals surface area contributed by atoms with Crippen LogP contribution in [0.4, 0.5) is 0 Å². The van der Waals surface area contributed by atoms with Gasteiger partial charge in [0.2, 0.25) is 41.4 Å². The molecule has 0 bridgehead atoms. The number of carbonyl (C=O) groups excluding carboxylic acids is 8. The van der Waals surface area contributed by atoms with Crippen LogP contribution in [-0.4, -0.2) is 212 Å². The van der Waals surface area contributed by atoms with Gasteiger partial charge < -0.3 is 97.0 Å². The van der Waals surface area contributed by atoms with E-state index in [1.54, 1.807) is 24.3 Å². The SMILES string of the molecule is CCCCCCCOc1ccc(-c2ccc(C(=O)NC3CC(O)C(O)NC(=O)C4C(O)C(C)CN4C(=O)C(C(O)CC(N)=O)NC(=O)C(C(O)C(O)c4ccc(O)c(OSOOO)c4)NC(=O)C4CC(O)CN4C(=O)C(C(C)O)NC3=O)cn2)cc1. The fourth-order valence-electron chi connectivity index (χ4n) is 10.0. The number of hydrogen-bond acceptors (Lipinski definition) is 24. The lowest BCUT2D eigenvalue weighted by atomic mass is 9.96. The molecule has 8 amide bonds. The molecule has 472 valence electrons. The Morgan fingerprint density at radius 2 is 1.48 bits per heavy atom. The molecule has 3 aliphatic heterocycles. The Morgan fingerprint density at radius 1 is 0.802 bits per heavy atom. The quantitative estimate of drug-likeness (QED) is 0.0216. The minimum Gasteiger partial charge on any atom is -0.504 e. The molecule has 15 unspecified atom stereocenters. The number of aliphatic hydroxyl groups is 8. The zero-order valence-corrected chi connectivity index (χ0v) is 47.7. The van der Waals surface area contributed by atoms with E-state index in [4.69, 9.17) is 19.9 Å². The van der Waals surface area contributed by atoms with Crippen LogP contribution in [0.15, 0.2) is 60.8 Å². The van der Waals surface area contributed by atoms with Gasteiger partial charge in [0.25, 0.3) is 18.2 Å². The maximum atomic E-state index is 14.7. The van der Waals surface area contributed by atoms with E-state index in [0.29, 0.717) is 33.4 Å². The Hall–Kier alpha value is -7.34. The van der Waals surface area contributed by atoms with Gasteiger partial charge in [0.1, 0.15) is 60.3 Å². The molecular formula is C54H73N9O22S. The fraction of sp³-hybridized carbons (Fsp3) is 0.537. The predicted molar refractivity (Wildman–Crippen MR) is 296 cm³/mol. The standard InChI is InChI=1S/C54H73N9O22S/c1-4-5-6-7-8-17-82-31-13-9-27(10-14-31)32-15-11-29(22-56-32)47(73)57-33-20-37(68)50(76)61-52(78)43-44(70)25(2)23-63(43)54(80)41(36(67)21-39(55)69)59-51(77)42(46(72)45(71)28-12-16-35(66)38(18-28)83-86-85-84-81)60-49(75)34-19-30(65)24-62(34)53(79)40(26(3)64)58-48(33)74/h9-16,18,22,25-26,30,33-34,36-37,40-46,50,64-68,70-72,76,81H,4-8,17,19-21,23-24H2,1-3H3,(H2,55,69)(H,57,73)(H,58,74)(H,59,77)(H,60,75)(H,61,78). The number of ether oxygens (including phenoxy) is 1. The van der Waals surface area contributed by atoms with Crippen LogP contribution in [0.3, 0.4) is 0 Å². The van der Waals surface area contributed by atoms with E-state index in [2.05, 4.69) is 42.5 Å². The average molecular weight is 1230 g/mol. The number of nitrogens with two attached hydrogens (primary N) is 1. The molecule has 6 rings (SSSR count). The summed E-state index contributed by atoms with van der Waals surface area (Å²) in [5.41, 5.74) is 5.93. The van der Waals surface area contributed by atoms with Crippen LogP contribution in [0, 0.1) is 5.92 Å². The van der Waals surface area contributed by atoms with Crippen molar-refractivity contribution in [3.05, 3.63) is 71.9 Å². The second-order valence-corrected chi connectivity index (χ2v) is 21.6. The summed E-state index contributed by atoms with van der Waals surface area (Å²) in [5.74, 6) is -12.1. The van der Waals surface area contributed by atoms with Gasteiger partial charge in [0.15, 0.2) is 17.7 Å². The van der Waals surface area contributed by atoms with Crippen LogP contribution in [0.2, 0.25) is 0 Å². The van der Waals surface area contributed by atoms with Crippen LogP contribution < -0.4 is 41.2 Å². The van der Waals surface area contributed by atoms with Gasteiger partial charge in [-0.05, 0) is 67.4 Å². The van der Waals surface area contributed by atoms with Crippen molar-refractivity contribution in [2.75, 3.05) is 19.7 Å². The van der Waals surface area contributed by atoms with E-state index < -0.39 is 182 Å². The first-order chi connectivity index (χ1) is 40.8. The molecule has 0 radical (unpaired) electrons.